The summed E-state index contributed by atoms with van der Waals surface area (Å²) < 4.78 is 0. The lowest BCUT2D eigenvalue weighted by Gasteiger charge is -2.28. The Bertz CT molecular complexity index is 781. The molecule has 1 aliphatic heterocycles. The molecule has 6 heteroatoms. The molecule has 118 valence electrons. The molecule has 5 nitrogen and oxygen atoms in total. The van der Waals surface area contributed by atoms with E-state index in [9.17, 15) is 14.9 Å². The fraction of sp³-hybridized carbons (Fsp3) is 0.235. The van der Waals surface area contributed by atoms with Crippen LogP contribution in [0.4, 0.5) is 11.4 Å². The number of Topliss-reactive ketones (excluding diaryl/α,β-unsaturated/α-hetero) is 1. The Kier molecular flexibility index (Phi) is 4.25. The Hall–Kier alpha value is -2.47. The van der Waals surface area contributed by atoms with E-state index in [0.29, 0.717) is 17.8 Å². The number of ketones is 1. The minimum atomic E-state index is -0.416. The highest BCUT2D eigenvalue weighted by molar-refractivity contribution is 7.11. The second kappa shape index (κ2) is 6.34. The molecule has 0 bridgehead atoms. The summed E-state index contributed by atoms with van der Waals surface area (Å²) in [7, 11) is 0. The van der Waals surface area contributed by atoms with Crippen LogP contribution in [0.3, 0.4) is 0 Å². The summed E-state index contributed by atoms with van der Waals surface area (Å²) in [5.74, 6) is -0.168. The first-order chi connectivity index (χ1) is 11.1. The van der Waals surface area contributed by atoms with Crippen LogP contribution in [0.5, 0.6) is 0 Å². The van der Waals surface area contributed by atoms with Crippen molar-refractivity contribution < 1.29 is 9.72 Å². The van der Waals surface area contributed by atoms with Crippen molar-refractivity contribution in [2.24, 2.45) is 0 Å². The lowest BCUT2D eigenvalue weighted by Crippen LogP contribution is -2.28. The van der Waals surface area contributed by atoms with Crippen LogP contribution in [0.25, 0.3) is 5.57 Å². The van der Waals surface area contributed by atoms with Gasteiger partial charge in [-0.25, -0.2) is 0 Å². The molecule has 0 unspecified atom stereocenters. The summed E-state index contributed by atoms with van der Waals surface area (Å²) in [6.07, 6.45) is 2.98. The number of hydrogen-bond acceptors (Lipinski definition) is 5. The van der Waals surface area contributed by atoms with Crippen LogP contribution in [0.2, 0.25) is 0 Å². The predicted octanol–water partition coefficient (Wildman–Crippen LogP) is 4.15. The zero-order chi connectivity index (χ0) is 16.4. The van der Waals surface area contributed by atoms with Crippen molar-refractivity contribution in [3.63, 3.8) is 0 Å². The number of anilines is 1. The van der Waals surface area contributed by atoms with Crippen LogP contribution < -0.4 is 4.90 Å². The highest BCUT2D eigenvalue weighted by Gasteiger charge is 2.23. The van der Waals surface area contributed by atoms with Crippen molar-refractivity contribution in [2.75, 3.05) is 18.0 Å². The first-order valence-corrected chi connectivity index (χ1v) is 8.21. The van der Waals surface area contributed by atoms with Gasteiger partial charge in [0.15, 0.2) is 5.78 Å². The molecule has 2 heterocycles. The van der Waals surface area contributed by atoms with Crippen LogP contribution in [0, 0.1) is 10.1 Å². The van der Waals surface area contributed by atoms with Crippen molar-refractivity contribution in [2.45, 2.75) is 13.3 Å². The van der Waals surface area contributed by atoms with Gasteiger partial charge in [0.25, 0.3) is 5.69 Å². The van der Waals surface area contributed by atoms with E-state index in [1.165, 1.54) is 23.4 Å². The van der Waals surface area contributed by atoms with Crippen molar-refractivity contribution in [3.05, 3.63) is 62.3 Å². The van der Waals surface area contributed by atoms with Crippen LogP contribution in [-0.2, 0) is 0 Å². The van der Waals surface area contributed by atoms with Crippen LogP contribution in [0.15, 0.2) is 41.8 Å². The third-order valence-corrected chi connectivity index (χ3v) is 4.91. The monoisotopic (exact) mass is 328 g/mol. The first kappa shape index (κ1) is 15.4. The molecule has 2 aromatic rings. The fourth-order valence-corrected chi connectivity index (χ4v) is 3.53. The van der Waals surface area contributed by atoms with E-state index in [2.05, 4.69) is 12.1 Å². The number of benzene rings is 1. The second-order valence-electron chi connectivity index (χ2n) is 5.42. The van der Waals surface area contributed by atoms with Gasteiger partial charge >= 0.3 is 0 Å². The molecule has 1 aromatic heterocycles. The van der Waals surface area contributed by atoms with E-state index in [1.54, 1.807) is 23.5 Å². The molecule has 0 amide bonds. The molecule has 3 rings (SSSR count). The third-order valence-electron chi connectivity index (χ3n) is 3.97. The minimum Gasteiger partial charge on any atom is -0.362 e. The van der Waals surface area contributed by atoms with Gasteiger partial charge in [-0.05, 0) is 42.5 Å². The lowest BCUT2D eigenvalue weighted by molar-refractivity contribution is -0.384. The number of rotatable bonds is 4. The van der Waals surface area contributed by atoms with Gasteiger partial charge in [-0.1, -0.05) is 12.1 Å². The molecule has 0 saturated carbocycles. The van der Waals surface area contributed by atoms with E-state index < -0.39 is 4.92 Å². The normalized spacial score (nSPS) is 14.5. The van der Waals surface area contributed by atoms with Gasteiger partial charge < -0.3 is 4.90 Å². The van der Waals surface area contributed by atoms with E-state index in [0.717, 1.165) is 13.0 Å². The molecule has 0 N–H and O–H groups in total. The Balaban J connectivity index is 1.88. The predicted molar refractivity (Wildman–Crippen MR) is 92.2 cm³/mol. The van der Waals surface area contributed by atoms with Gasteiger partial charge in [-0.15, -0.1) is 11.3 Å². The summed E-state index contributed by atoms with van der Waals surface area (Å²) in [5.41, 5.74) is 2.22. The average Bonchev–Trinajstić information content (AvgIpc) is 3.09. The van der Waals surface area contributed by atoms with Crippen LogP contribution in [0.1, 0.15) is 28.6 Å². The van der Waals surface area contributed by atoms with Gasteiger partial charge in [0.05, 0.1) is 4.92 Å². The summed E-state index contributed by atoms with van der Waals surface area (Å²) >= 11 is 1.71. The Morgan fingerprint density at radius 3 is 2.74 bits per heavy atom. The fourth-order valence-electron chi connectivity index (χ4n) is 2.73. The largest absolute Gasteiger partial charge is 0.362 e. The van der Waals surface area contributed by atoms with Gasteiger partial charge in [0, 0.05) is 29.6 Å². The topological polar surface area (TPSA) is 63.5 Å². The number of nitro benzene ring substituents is 1. The number of hydrogen-bond donors (Lipinski definition) is 0. The molecule has 23 heavy (non-hydrogen) atoms. The summed E-state index contributed by atoms with van der Waals surface area (Å²) in [6, 6.07) is 8.83. The minimum absolute atomic E-state index is 0.00864. The van der Waals surface area contributed by atoms with E-state index >= 15 is 0 Å². The zero-order valence-corrected chi connectivity index (χ0v) is 13.5. The first-order valence-electron chi connectivity index (χ1n) is 7.33. The second-order valence-corrected chi connectivity index (χ2v) is 6.37. The molecule has 0 saturated heterocycles. The number of nitrogens with zero attached hydrogens (tertiary/aromatic N) is 2. The number of carbonyl (C=O) groups is 1. The third kappa shape index (κ3) is 3.17. The van der Waals surface area contributed by atoms with Gasteiger partial charge in [0.2, 0.25) is 0 Å². The maximum Gasteiger partial charge on any atom is 0.293 e. The summed E-state index contributed by atoms with van der Waals surface area (Å²) in [5, 5.41) is 13.4. The quantitative estimate of drug-likeness (QED) is 0.480. The molecule has 1 aromatic carbocycles. The SMILES string of the molecule is CC(=O)c1ccc(N2CC=C(c3cccs3)CC2)c([N+](=O)[O-])c1. The van der Waals surface area contributed by atoms with E-state index in [4.69, 9.17) is 0 Å². The molecule has 0 radical (unpaired) electrons. The highest BCUT2D eigenvalue weighted by atomic mass is 32.1. The number of nitro groups is 1. The number of thiophene rings is 1. The van der Waals surface area contributed by atoms with Crippen molar-refractivity contribution in [3.8, 4) is 0 Å². The molecule has 0 fully saturated rings. The highest BCUT2D eigenvalue weighted by Crippen LogP contribution is 2.33. The Morgan fingerprint density at radius 1 is 1.35 bits per heavy atom. The van der Waals surface area contributed by atoms with E-state index in [-0.39, 0.29) is 11.5 Å². The summed E-state index contributed by atoms with van der Waals surface area (Å²) in [4.78, 5) is 25.6. The van der Waals surface area contributed by atoms with Crippen molar-refractivity contribution in [1.82, 2.24) is 0 Å². The molecule has 1 aliphatic rings. The zero-order valence-electron chi connectivity index (χ0n) is 12.7. The molecular weight excluding hydrogens is 312 g/mol. The van der Waals surface area contributed by atoms with Gasteiger partial charge in [0.1, 0.15) is 5.69 Å². The van der Waals surface area contributed by atoms with E-state index in [1.807, 2.05) is 16.3 Å². The molecular formula is C17H16N2O3S. The Labute approximate surface area is 138 Å². The molecule has 0 atom stereocenters. The Morgan fingerprint density at radius 2 is 2.17 bits per heavy atom. The van der Waals surface area contributed by atoms with Crippen LogP contribution in [-0.4, -0.2) is 23.8 Å². The smallest absolute Gasteiger partial charge is 0.293 e. The van der Waals surface area contributed by atoms with Gasteiger partial charge in [-0.2, -0.15) is 0 Å². The standard InChI is InChI=1S/C17H16N2O3S/c1-12(20)14-4-5-15(16(11-14)19(21)22)18-8-6-13(7-9-18)17-3-2-10-23-17/h2-6,10-11H,7-9H2,1H3. The maximum absolute atomic E-state index is 11.4. The van der Waals surface area contributed by atoms with Crippen molar-refractivity contribution in [1.29, 1.82) is 0 Å². The average molecular weight is 328 g/mol. The van der Waals surface area contributed by atoms with Crippen molar-refractivity contribution >= 4 is 34.1 Å². The van der Waals surface area contributed by atoms with Crippen LogP contribution >= 0.6 is 11.3 Å². The maximum atomic E-state index is 11.4. The number of carbonyl (C=O) groups excluding carboxylic acids is 1. The molecule has 0 spiro atoms. The van der Waals surface area contributed by atoms with Gasteiger partial charge in [-0.3, -0.25) is 14.9 Å². The molecule has 0 aliphatic carbocycles. The lowest BCUT2D eigenvalue weighted by atomic mass is 10.0. The summed E-state index contributed by atoms with van der Waals surface area (Å²) in [6.45, 7) is 2.77.